The number of aryl methyl sites for hydroxylation is 2. The highest BCUT2D eigenvalue weighted by atomic mass is 32.1. The molecule has 1 heterocycles. The Bertz CT molecular complexity index is 939. The monoisotopic (exact) mass is 352 g/mol. The fourth-order valence-electron chi connectivity index (χ4n) is 3.07. The van der Waals surface area contributed by atoms with Crippen LogP contribution in [-0.4, -0.2) is 9.43 Å². The van der Waals surface area contributed by atoms with Gasteiger partial charge in [-0.1, -0.05) is 48.1 Å². The van der Waals surface area contributed by atoms with Gasteiger partial charge in [0.2, 0.25) is 0 Å². The molecule has 0 atom stereocenters. The molecule has 0 amide bonds. The third-order valence-corrected chi connectivity index (χ3v) is 4.93. The summed E-state index contributed by atoms with van der Waals surface area (Å²) in [7, 11) is 1.98. The van der Waals surface area contributed by atoms with E-state index < -0.39 is 0 Å². The van der Waals surface area contributed by atoms with Crippen molar-refractivity contribution in [2.45, 2.75) is 20.3 Å². The van der Waals surface area contributed by atoms with Gasteiger partial charge < -0.3 is 10.3 Å². The van der Waals surface area contributed by atoms with Gasteiger partial charge in [0.05, 0.1) is 10.6 Å². The van der Waals surface area contributed by atoms with E-state index in [0.29, 0.717) is 17.7 Å². The minimum Gasteiger partial charge on any atom is -0.399 e. The number of halogens is 1. The molecule has 3 aromatic rings. The minimum atomic E-state index is -0.276. The van der Waals surface area contributed by atoms with Gasteiger partial charge in [-0.05, 0) is 48.7 Å². The maximum absolute atomic E-state index is 14.1. The van der Waals surface area contributed by atoms with E-state index in [9.17, 15) is 4.39 Å². The Kier molecular flexibility index (Phi) is 4.73. The molecule has 0 fully saturated rings. The largest absolute Gasteiger partial charge is 0.399 e. The highest BCUT2D eigenvalue weighted by Crippen LogP contribution is 2.23. The van der Waals surface area contributed by atoms with E-state index in [-0.39, 0.29) is 5.82 Å². The number of aromatic nitrogens is 1. The Morgan fingerprint density at radius 2 is 1.76 bits per heavy atom. The van der Waals surface area contributed by atoms with Gasteiger partial charge in [0.15, 0.2) is 0 Å². The van der Waals surface area contributed by atoms with E-state index in [4.69, 9.17) is 18.0 Å². The van der Waals surface area contributed by atoms with Gasteiger partial charge in [0.1, 0.15) is 5.82 Å². The van der Waals surface area contributed by atoms with E-state index in [1.165, 1.54) is 11.6 Å². The van der Waals surface area contributed by atoms with Crippen LogP contribution in [-0.2, 0) is 13.5 Å². The van der Waals surface area contributed by atoms with Crippen LogP contribution in [0.5, 0.6) is 0 Å². The number of nitrogen functional groups attached to an aromatic ring is 1. The molecule has 128 valence electrons. The standard InChI is InChI=1S/C21H21FN2S/c1-13-4-6-15(7-5-13)21(25)20-14(2)10-18(24(20)3)11-16-8-9-17(23)12-19(16)22/h4-10,12H,11,23H2,1-3H3. The molecule has 0 aliphatic carbocycles. The van der Waals surface area contributed by atoms with Crippen LogP contribution in [0.2, 0.25) is 0 Å². The third kappa shape index (κ3) is 3.49. The second-order valence-electron chi connectivity index (χ2n) is 6.45. The normalized spacial score (nSPS) is 10.9. The summed E-state index contributed by atoms with van der Waals surface area (Å²) in [5.74, 6) is -0.276. The molecule has 0 saturated heterocycles. The van der Waals surface area contributed by atoms with Gasteiger partial charge in [0.25, 0.3) is 0 Å². The Balaban J connectivity index is 1.95. The second kappa shape index (κ2) is 6.81. The topological polar surface area (TPSA) is 30.9 Å². The summed E-state index contributed by atoms with van der Waals surface area (Å²) in [5.41, 5.74) is 12.0. The lowest BCUT2D eigenvalue weighted by Gasteiger charge is -2.11. The molecule has 4 heteroatoms. The van der Waals surface area contributed by atoms with Crippen LogP contribution >= 0.6 is 12.2 Å². The van der Waals surface area contributed by atoms with Crippen LogP contribution < -0.4 is 5.73 Å². The van der Waals surface area contributed by atoms with Gasteiger partial charge in [-0.25, -0.2) is 4.39 Å². The van der Waals surface area contributed by atoms with Crippen molar-refractivity contribution in [3.8, 4) is 0 Å². The quantitative estimate of drug-likeness (QED) is 0.418. The highest BCUT2D eigenvalue weighted by Gasteiger charge is 2.16. The van der Waals surface area contributed by atoms with Gasteiger partial charge in [0, 0.05) is 24.8 Å². The van der Waals surface area contributed by atoms with E-state index in [1.54, 1.807) is 12.1 Å². The number of rotatable bonds is 4. The van der Waals surface area contributed by atoms with Gasteiger partial charge in [-0.15, -0.1) is 0 Å². The van der Waals surface area contributed by atoms with Crippen LogP contribution in [0, 0.1) is 19.7 Å². The number of anilines is 1. The predicted molar refractivity (Wildman–Crippen MR) is 106 cm³/mol. The molecular weight excluding hydrogens is 331 g/mol. The molecule has 0 unspecified atom stereocenters. The van der Waals surface area contributed by atoms with Crippen molar-refractivity contribution in [1.82, 2.24) is 4.57 Å². The van der Waals surface area contributed by atoms with Crippen molar-refractivity contribution >= 4 is 22.8 Å². The molecule has 2 nitrogen and oxygen atoms in total. The minimum absolute atomic E-state index is 0.276. The lowest BCUT2D eigenvalue weighted by molar-refractivity contribution is 0.612. The summed E-state index contributed by atoms with van der Waals surface area (Å²) in [6.45, 7) is 4.10. The molecule has 0 spiro atoms. The molecule has 0 radical (unpaired) electrons. The van der Waals surface area contributed by atoms with Gasteiger partial charge >= 0.3 is 0 Å². The molecule has 2 aromatic carbocycles. The summed E-state index contributed by atoms with van der Waals surface area (Å²) in [6, 6.07) is 15.1. The van der Waals surface area contributed by atoms with Gasteiger partial charge in [-0.3, -0.25) is 0 Å². The first-order valence-corrected chi connectivity index (χ1v) is 8.58. The molecule has 0 aliphatic rings. The third-order valence-electron chi connectivity index (χ3n) is 4.50. The zero-order valence-electron chi connectivity index (χ0n) is 14.6. The smallest absolute Gasteiger partial charge is 0.128 e. The predicted octanol–water partition coefficient (Wildman–Crippen LogP) is 4.72. The molecule has 0 saturated carbocycles. The second-order valence-corrected chi connectivity index (χ2v) is 6.86. The summed E-state index contributed by atoms with van der Waals surface area (Å²) >= 11 is 5.71. The Hall–Kier alpha value is -2.46. The molecule has 2 N–H and O–H groups in total. The number of thiocarbonyl (C=S) groups is 1. The molecule has 1 aromatic heterocycles. The van der Waals surface area contributed by atoms with E-state index >= 15 is 0 Å². The number of benzene rings is 2. The fourth-order valence-corrected chi connectivity index (χ4v) is 3.50. The molecular formula is C21H21FN2S. The highest BCUT2D eigenvalue weighted by molar-refractivity contribution is 7.81. The lowest BCUT2D eigenvalue weighted by atomic mass is 10.1. The Morgan fingerprint density at radius 1 is 1.08 bits per heavy atom. The maximum atomic E-state index is 14.1. The van der Waals surface area contributed by atoms with Crippen molar-refractivity contribution in [3.63, 3.8) is 0 Å². The van der Waals surface area contributed by atoms with E-state index in [2.05, 4.69) is 29.7 Å². The van der Waals surface area contributed by atoms with Gasteiger partial charge in [-0.2, -0.15) is 0 Å². The first-order valence-electron chi connectivity index (χ1n) is 8.17. The van der Waals surface area contributed by atoms with Crippen LogP contribution in [0.4, 0.5) is 10.1 Å². The summed E-state index contributed by atoms with van der Waals surface area (Å²) < 4.78 is 16.2. The first-order chi connectivity index (χ1) is 11.9. The van der Waals surface area contributed by atoms with Crippen molar-refractivity contribution in [1.29, 1.82) is 0 Å². The number of nitrogens with zero attached hydrogens (tertiary/aromatic N) is 1. The zero-order chi connectivity index (χ0) is 18.1. The van der Waals surface area contributed by atoms with Crippen molar-refractivity contribution < 1.29 is 4.39 Å². The van der Waals surface area contributed by atoms with Crippen LogP contribution in [0.15, 0.2) is 48.5 Å². The summed E-state index contributed by atoms with van der Waals surface area (Å²) in [5, 5.41) is 0. The first kappa shape index (κ1) is 17.4. The van der Waals surface area contributed by atoms with Crippen molar-refractivity contribution in [3.05, 3.63) is 88.0 Å². The zero-order valence-corrected chi connectivity index (χ0v) is 15.5. The average Bonchev–Trinajstić information content (AvgIpc) is 2.84. The van der Waals surface area contributed by atoms with Crippen molar-refractivity contribution in [2.75, 3.05) is 5.73 Å². The average molecular weight is 352 g/mol. The van der Waals surface area contributed by atoms with Crippen LogP contribution in [0.25, 0.3) is 0 Å². The lowest BCUT2D eigenvalue weighted by Crippen LogP contribution is -2.10. The Labute approximate surface area is 153 Å². The summed E-state index contributed by atoms with van der Waals surface area (Å²) in [6.07, 6.45) is 0.500. The van der Waals surface area contributed by atoms with E-state index in [1.807, 2.05) is 26.1 Å². The van der Waals surface area contributed by atoms with Crippen LogP contribution in [0.1, 0.15) is 33.6 Å². The molecule has 3 rings (SSSR count). The fraction of sp³-hybridized carbons (Fsp3) is 0.190. The number of hydrogen-bond acceptors (Lipinski definition) is 2. The molecule has 25 heavy (non-hydrogen) atoms. The summed E-state index contributed by atoms with van der Waals surface area (Å²) in [4.78, 5) is 0.809. The maximum Gasteiger partial charge on any atom is 0.128 e. The molecule has 0 aliphatic heterocycles. The number of hydrogen-bond donors (Lipinski definition) is 1. The van der Waals surface area contributed by atoms with E-state index in [0.717, 1.165) is 27.4 Å². The molecule has 0 bridgehead atoms. The SMILES string of the molecule is Cc1ccc(C(=S)c2c(C)cc(Cc3ccc(N)cc3F)n2C)cc1. The van der Waals surface area contributed by atoms with Crippen molar-refractivity contribution in [2.24, 2.45) is 7.05 Å². The Morgan fingerprint density at radius 3 is 2.40 bits per heavy atom. The van der Waals surface area contributed by atoms with Crippen LogP contribution in [0.3, 0.4) is 0 Å². The number of nitrogens with two attached hydrogens (primary N) is 1.